The quantitative estimate of drug-likeness (QED) is 0.0304. The van der Waals surface area contributed by atoms with Crippen molar-refractivity contribution in [3.8, 4) is 11.8 Å². The maximum atomic E-state index is 11.8. The number of carbonyl (C=O) groups excluding carboxylic acids is 4. The van der Waals surface area contributed by atoms with E-state index in [1.165, 1.54) is 13.8 Å². The minimum Gasteiger partial charge on any atom is -0.460 e. The van der Waals surface area contributed by atoms with E-state index in [4.69, 9.17) is 56.8 Å². The summed E-state index contributed by atoms with van der Waals surface area (Å²) in [5.74, 6) is 1.26. The fourth-order valence-electron chi connectivity index (χ4n) is 2.45. The zero-order valence-corrected chi connectivity index (χ0v) is 27.8. The molecular weight excluding hydrogens is 616 g/mol. The van der Waals surface area contributed by atoms with E-state index in [1.54, 1.807) is 28.4 Å². The van der Waals surface area contributed by atoms with Crippen LogP contribution in [0.25, 0.3) is 0 Å². The molecule has 16 nitrogen and oxygen atoms in total. The molecule has 266 valence electrons. The summed E-state index contributed by atoms with van der Waals surface area (Å²) in [6.45, 7) is 7.95. The highest BCUT2D eigenvalue weighted by molar-refractivity contribution is 5.99. The van der Waals surface area contributed by atoms with Crippen molar-refractivity contribution in [3.63, 3.8) is 0 Å². The number of carbonyl (C=O) groups is 4. The van der Waals surface area contributed by atoms with E-state index in [-0.39, 0.29) is 64.0 Å². The fourth-order valence-corrected chi connectivity index (χ4v) is 2.45. The van der Waals surface area contributed by atoms with Gasteiger partial charge >= 0.3 is 23.9 Å². The predicted molar refractivity (Wildman–Crippen MR) is 161 cm³/mol. The van der Waals surface area contributed by atoms with Gasteiger partial charge in [0.1, 0.15) is 26.4 Å². The summed E-state index contributed by atoms with van der Waals surface area (Å²) in [5.41, 5.74) is 0.411. The fraction of sp³-hybridized carbons (Fsp3) is 0.733. The molecule has 0 amide bonds. The van der Waals surface area contributed by atoms with Crippen molar-refractivity contribution < 1.29 is 76.0 Å². The third-order valence-corrected chi connectivity index (χ3v) is 5.01. The van der Waals surface area contributed by atoms with E-state index in [0.717, 1.165) is 0 Å². The summed E-state index contributed by atoms with van der Waals surface area (Å²) in [6.07, 6.45) is 0. The molecule has 0 spiro atoms. The van der Waals surface area contributed by atoms with Gasteiger partial charge in [0.15, 0.2) is 0 Å². The molecule has 0 unspecified atom stereocenters. The van der Waals surface area contributed by atoms with Crippen molar-refractivity contribution >= 4 is 23.9 Å². The molecule has 16 heteroatoms. The Morgan fingerprint density at radius 1 is 0.370 bits per heavy atom. The molecule has 0 aromatic carbocycles. The Hall–Kier alpha value is -3.14. The third-order valence-electron chi connectivity index (χ3n) is 5.01. The van der Waals surface area contributed by atoms with Crippen molar-refractivity contribution in [1.29, 1.82) is 0 Å². The molecule has 0 saturated carbocycles. The maximum Gasteiger partial charge on any atom is 0.385 e. The predicted octanol–water partition coefficient (Wildman–Crippen LogP) is 0.137. The van der Waals surface area contributed by atoms with Gasteiger partial charge in [0.05, 0.1) is 79.3 Å². The van der Waals surface area contributed by atoms with Crippen molar-refractivity contribution in [2.45, 2.75) is 13.8 Å². The molecule has 0 aliphatic heterocycles. The van der Waals surface area contributed by atoms with E-state index in [9.17, 15) is 19.2 Å². The first kappa shape index (κ1) is 45.0. The van der Waals surface area contributed by atoms with Crippen LogP contribution in [0, 0.1) is 11.8 Å². The van der Waals surface area contributed by atoms with Crippen LogP contribution in [0.3, 0.4) is 0 Å². The van der Waals surface area contributed by atoms with Crippen LogP contribution in [0.4, 0.5) is 0 Å². The largest absolute Gasteiger partial charge is 0.460 e. The molecule has 0 fully saturated rings. The summed E-state index contributed by atoms with van der Waals surface area (Å²) in [4.78, 5) is 46.0. The van der Waals surface area contributed by atoms with Crippen molar-refractivity contribution in [2.75, 3.05) is 134 Å². The van der Waals surface area contributed by atoms with E-state index in [2.05, 4.69) is 0 Å². The van der Waals surface area contributed by atoms with Crippen LogP contribution in [-0.4, -0.2) is 158 Å². The second-order valence-corrected chi connectivity index (χ2v) is 8.46. The SMILES string of the molecule is COCCOCCOC(=O)/C(C)=C(/C)C(=O)OCCOCCOC.COCCOCCOC(=O)C#CC(=O)OCCOCCOC. The number of hydrogen-bond acceptors (Lipinski definition) is 16. The first-order valence-electron chi connectivity index (χ1n) is 14.4. The van der Waals surface area contributed by atoms with Crippen LogP contribution in [0.1, 0.15) is 13.8 Å². The van der Waals surface area contributed by atoms with Gasteiger partial charge in [0.2, 0.25) is 0 Å². The molecule has 0 atom stereocenters. The number of methoxy groups -OCH3 is 4. The van der Waals surface area contributed by atoms with Gasteiger partial charge in [-0.2, -0.15) is 0 Å². The third kappa shape index (κ3) is 30.9. The Morgan fingerprint density at radius 2 is 0.609 bits per heavy atom. The lowest BCUT2D eigenvalue weighted by Gasteiger charge is -2.09. The van der Waals surface area contributed by atoms with E-state index >= 15 is 0 Å². The lowest BCUT2D eigenvalue weighted by Crippen LogP contribution is -2.18. The summed E-state index contributed by atoms with van der Waals surface area (Å²) < 4.78 is 59.2. The Morgan fingerprint density at radius 3 is 0.870 bits per heavy atom. The molecule has 0 radical (unpaired) electrons. The second-order valence-electron chi connectivity index (χ2n) is 8.46. The highest BCUT2D eigenvalue weighted by atomic mass is 16.6. The van der Waals surface area contributed by atoms with Gasteiger partial charge in [-0.15, -0.1) is 0 Å². The minimum atomic E-state index is -0.816. The molecule has 0 bridgehead atoms. The lowest BCUT2D eigenvalue weighted by atomic mass is 10.1. The van der Waals surface area contributed by atoms with E-state index < -0.39 is 23.9 Å². The molecule has 0 aromatic heterocycles. The zero-order chi connectivity index (χ0) is 34.7. The van der Waals surface area contributed by atoms with Crippen molar-refractivity contribution in [3.05, 3.63) is 11.1 Å². The first-order valence-corrected chi connectivity index (χ1v) is 14.4. The zero-order valence-electron chi connectivity index (χ0n) is 27.8. The highest BCUT2D eigenvalue weighted by Gasteiger charge is 2.16. The molecule has 0 heterocycles. The van der Waals surface area contributed by atoms with E-state index in [1.807, 2.05) is 11.8 Å². The monoisotopic (exact) mass is 666 g/mol. The van der Waals surface area contributed by atoms with Gasteiger partial charge in [-0.25, -0.2) is 19.2 Å². The second kappa shape index (κ2) is 34.7. The van der Waals surface area contributed by atoms with Crippen LogP contribution in [0.5, 0.6) is 0 Å². The van der Waals surface area contributed by atoms with Crippen LogP contribution >= 0.6 is 0 Å². The molecule has 0 aromatic rings. The lowest BCUT2D eigenvalue weighted by molar-refractivity contribution is -0.143. The van der Waals surface area contributed by atoms with Crippen molar-refractivity contribution in [1.82, 2.24) is 0 Å². The average molecular weight is 667 g/mol. The van der Waals surface area contributed by atoms with Crippen LogP contribution < -0.4 is 0 Å². The van der Waals surface area contributed by atoms with Gasteiger partial charge in [0, 0.05) is 51.4 Å². The normalized spacial score (nSPS) is 10.8. The molecular formula is C30H50O16. The van der Waals surface area contributed by atoms with Gasteiger partial charge < -0.3 is 56.8 Å². The molecule has 46 heavy (non-hydrogen) atoms. The minimum absolute atomic E-state index is 0.0552. The van der Waals surface area contributed by atoms with E-state index in [0.29, 0.717) is 52.9 Å². The highest BCUT2D eigenvalue weighted by Crippen LogP contribution is 2.08. The van der Waals surface area contributed by atoms with Gasteiger partial charge in [-0.1, -0.05) is 0 Å². The molecule has 0 N–H and O–H groups in total. The van der Waals surface area contributed by atoms with Crippen LogP contribution in [0.15, 0.2) is 11.1 Å². The topological polar surface area (TPSA) is 179 Å². The van der Waals surface area contributed by atoms with Crippen LogP contribution in [0.2, 0.25) is 0 Å². The number of ether oxygens (including phenoxy) is 12. The summed E-state index contributed by atoms with van der Waals surface area (Å²) >= 11 is 0. The first-order chi connectivity index (χ1) is 22.2. The molecule has 0 aliphatic rings. The number of rotatable bonds is 26. The summed E-state index contributed by atoms with van der Waals surface area (Å²) in [5, 5.41) is 0. The Labute approximate surface area is 271 Å². The molecule has 0 rings (SSSR count). The van der Waals surface area contributed by atoms with Gasteiger partial charge in [-0.05, 0) is 13.8 Å². The van der Waals surface area contributed by atoms with Crippen molar-refractivity contribution in [2.24, 2.45) is 0 Å². The van der Waals surface area contributed by atoms with Gasteiger partial charge in [-0.3, -0.25) is 0 Å². The number of esters is 4. The maximum absolute atomic E-state index is 11.8. The Kier molecular flexibility index (Phi) is 34.0. The molecule has 0 saturated heterocycles. The summed E-state index contributed by atoms with van der Waals surface area (Å²) in [7, 11) is 6.27. The van der Waals surface area contributed by atoms with Crippen LogP contribution in [-0.2, 0) is 76.0 Å². The van der Waals surface area contributed by atoms with Gasteiger partial charge in [0.25, 0.3) is 0 Å². The number of hydrogen-bond donors (Lipinski definition) is 0. The Balaban J connectivity index is 0. The smallest absolute Gasteiger partial charge is 0.385 e. The Bertz CT molecular complexity index is 825. The average Bonchev–Trinajstić information content (AvgIpc) is 3.05. The standard InChI is InChI=1S/C16H28O8.C14H22O8/c1-13(15(17)23-11-9-21-7-5-19-3)14(2)16(18)24-12-10-22-8-6-20-4;1-17-5-7-19-9-11-21-13(15)3-4-14(16)22-12-10-20-8-6-18-2/h5-12H2,1-4H3;5-12H2,1-2H3/b14-13-;. The molecule has 0 aliphatic carbocycles. The summed E-state index contributed by atoms with van der Waals surface area (Å²) in [6, 6.07) is 0.